The summed E-state index contributed by atoms with van der Waals surface area (Å²) < 4.78 is 3.08. The number of rotatable bonds is 7. The Labute approximate surface area is 182 Å². The first-order valence-corrected chi connectivity index (χ1v) is 11.4. The predicted molar refractivity (Wildman–Crippen MR) is 121 cm³/mol. The zero-order chi connectivity index (χ0) is 21.2. The third-order valence-corrected chi connectivity index (χ3v) is 6.41. The van der Waals surface area contributed by atoms with Crippen LogP contribution in [0.25, 0.3) is 11.3 Å². The van der Waals surface area contributed by atoms with Crippen LogP contribution in [0, 0.1) is 5.92 Å². The Bertz CT molecular complexity index is 1090. The van der Waals surface area contributed by atoms with Gasteiger partial charge in [-0.25, -0.2) is 4.79 Å². The fraction of sp³-hybridized carbons (Fsp3) is 0.440. The van der Waals surface area contributed by atoms with E-state index >= 15 is 0 Å². The smallest absolute Gasteiger partial charge is 0.331 e. The topological polar surface area (TPSA) is 63.3 Å². The van der Waals surface area contributed by atoms with Crippen molar-refractivity contribution in [2.45, 2.75) is 51.7 Å². The van der Waals surface area contributed by atoms with Crippen molar-refractivity contribution in [2.75, 3.05) is 13.1 Å². The minimum absolute atomic E-state index is 0.0586. The van der Waals surface area contributed by atoms with Gasteiger partial charge in [-0.05, 0) is 62.4 Å². The Morgan fingerprint density at radius 3 is 2.48 bits per heavy atom. The van der Waals surface area contributed by atoms with E-state index in [0.29, 0.717) is 19.0 Å². The highest BCUT2D eigenvalue weighted by Crippen LogP contribution is 2.31. The van der Waals surface area contributed by atoms with Gasteiger partial charge < -0.3 is 5.11 Å². The first-order chi connectivity index (χ1) is 15.2. The lowest BCUT2D eigenvalue weighted by atomic mass is 10.1. The van der Waals surface area contributed by atoms with E-state index in [1.807, 2.05) is 12.1 Å². The monoisotopic (exact) mass is 418 g/mol. The van der Waals surface area contributed by atoms with Gasteiger partial charge >= 0.3 is 5.69 Å². The molecule has 2 aromatic heterocycles. The lowest BCUT2D eigenvalue weighted by Crippen LogP contribution is -2.29. The molecule has 2 fully saturated rings. The summed E-state index contributed by atoms with van der Waals surface area (Å²) in [4.78, 5) is 20.0. The summed E-state index contributed by atoms with van der Waals surface area (Å²) in [6.07, 6.45) is 7.74. The van der Waals surface area contributed by atoms with Crippen molar-refractivity contribution in [2.24, 2.45) is 5.92 Å². The Kier molecular flexibility index (Phi) is 5.64. The van der Waals surface area contributed by atoms with Crippen LogP contribution >= 0.6 is 0 Å². The van der Waals surface area contributed by atoms with Gasteiger partial charge in [0.2, 0.25) is 5.88 Å². The van der Waals surface area contributed by atoms with Crippen LogP contribution in [-0.2, 0) is 19.6 Å². The highest BCUT2D eigenvalue weighted by molar-refractivity contribution is 5.59. The summed E-state index contributed by atoms with van der Waals surface area (Å²) in [6, 6.07) is 14.4. The summed E-state index contributed by atoms with van der Waals surface area (Å²) >= 11 is 0. The van der Waals surface area contributed by atoms with E-state index in [-0.39, 0.29) is 11.6 Å². The molecule has 0 unspecified atom stereocenters. The van der Waals surface area contributed by atoms with Crippen molar-refractivity contribution < 1.29 is 5.11 Å². The van der Waals surface area contributed by atoms with Crippen LogP contribution in [0.5, 0.6) is 5.88 Å². The summed E-state index contributed by atoms with van der Waals surface area (Å²) in [7, 11) is 0. The molecule has 1 saturated carbocycles. The first-order valence-electron chi connectivity index (χ1n) is 11.4. The second-order valence-electron chi connectivity index (χ2n) is 9.00. The minimum Gasteiger partial charge on any atom is -0.493 e. The molecule has 162 valence electrons. The maximum absolute atomic E-state index is 12.6. The number of likely N-dealkylation sites (tertiary alicyclic amines) is 1. The maximum Gasteiger partial charge on any atom is 0.331 e. The summed E-state index contributed by atoms with van der Waals surface area (Å²) in [5.74, 6) is 0.597. The van der Waals surface area contributed by atoms with Gasteiger partial charge in [0.05, 0.1) is 24.1 Å². The molecule has 0 bridgehead atoms. The lowest BCUT2D eigenvalue weighted by molar-refractivity contribution is 0.218. The fourth-order valence-electron chi connectivity index (χ4n) is 4.41. The van der Waals surface area contributed by atoms with Crippen LogP contribution in [0.1, 0.15) is 43.4 Å². The molecule has 3 heterocycles. The quantitative estimate of drug-likeness (QED) is 0.633. The van der Waals surface area contributed by atoms with Gasteiger partial charge in [-0.3, -0.25) is 19.0 Å². The molecule has 6 nitrogen and oxygen atoms in total. The average Bonchev–Trinajstić information content (AvgIpc) is 3.58. The second kappa shape index (κ2) is 8.71. The maximum atomic E-state index is 12.6. The number of pyridine rings is 1. The van der Waals surface area contributed by atoms with Crippen LogP contribution in [0.2, 0.25) is 0 Å². The molecule has 1 aliphatic carbocycles. The Balaban J connectivity index is 1.28. The zero-order valence-corrected chi connectivity index (χ0v) is 17.9. The second-order valence-corrected chi connectivity index (χ2v) is 9.00. The number of nitrogens with zero attached hydrogens (tertiary/aromatic N) is 4. The molecule has 0 atom stereocenters. The largest absolute Gasteiger partial charge is 0.493 e. The van der Waals surface area contributed by atoms with Crippen molar-refractivity contribution >= 4 is 0 Å². The van der Waals surface area contributed by atoms with E-state index in [1.165, 1.54) is 23.8 Å². The normalized spacial score (nSPS) is 17.2. The van der Waals surface area contributed by atoms with Crippen LogP contribution in [0.15, 0.2) is 53.5 Å². The standard InChI is InChI=1S/C25H30N4O2/c30-24-18-28(25(31)29(24)16-20-7-8-20)15-19-9-11-21(12-10-19)23-6-4-5-22(26-23)17-27-13-2-1-3-14-27/h4-6,9-12,18,20,30H,1-3,7-8,13-17H2. The van der Waals surface area contributed by atoms with Crippen LogP contribution in [0.4, 0.5) is 0 Å². The number of hydrogen-bond acceptors (Lipinski definition) is 4. The SMILES string of the molecule is O=c1n(Cc2ccc(-c3cccc(CN4CCCCC4)n3)cc2)cc(O)n1CC1CC1. The van der Waals surface area contributed by atoms with Crippen molar-refractivity contribution in [1.29, 1.82) is 0 Å². The van der Waals surface area contributed by atoms with Gasteiger partial charge in [-0.15, -0.1) is 0 Å². The minimum atomic E-state index is -0.138. The third kappa shape index (κ3) is 4.74. The molecule has 2 aliphatic rings. The molecular formula is C25H30N4O2. The number of imidazole rings is 1. The summed E-state index contributed by atoms with van der Waals surface area (Å²) in [6.45, 7) is 4.31. The van der Waals surface area contributed by atoms with Gasteiger partial charge in [0.1, 0.15) is 0 Å². The molecule has 1 aromatic carbocycles. The van der Waals surface area contributed by atoms with Crippen molar-refractivity contribution in [1.82, 2.24) is 19.0 Å². The van der Waals surface area contributed by atoms with Crippen molar-refractivity contribution in [3.63, 3.8) is 0 Å². The predicted octanol–water partition coefficient (Wildman–Crippen LogP) is 3.86. The van der Waals surface area contributed by atoms with E-state index in [2.05, 4.69) is 35.2 Å². The molecule has 3 aromatic rings. The molecule has 5 rings (SSSR count). The van der Waals surface area contributed by atoms with E-state index in [0.717, 1.165) is 55.0 Å². The number of hydrogen-bond donors (Lipinski definition) is 1. The Morgan fingerprint density at radius 1 is 0.968 bits per heavy atom. The lowest BCUT2D eigenvalue weighted by Gasteiger charge is -2.26. The number of aromatic nitrogens is 3. The Hall–Kier alpha value is -2.86. The van der Waals surface area contributed by atoms with Gasteiger partial charge in [-0.2, -0.15) is 0 Å². The van der Waals surface area contributed by atoms with E-state index < -0.39 is 0 Å². The molecule has 0 amide bonds. The molecule has 1 saturated heterocycles. The van der Waals surface area contributed by atoms with Crippen molar-refractivity contribution in [3.8, 4) is 17.1 Å². The summed E-state index contributed by atoms with van der Waals surface area (Å²) in [5.41, 5.74) is 4.05. The Morgan fingerprint density at radius 2 is 1.74 bits per heavy atom. The molecular weight excluding hydrogens is 388 g/mol. The molecule has 1 aliphatic heterocycles. The van der Waals surface area contributed by atoms with Crippen molar-refractivity contribution in [3.05, 3.63) is 70.4 Å². The molecule has 6 heteroatoms. The summed E-state index contributed by atoms with van der Waals surface area (Å²) in [5, 5.41) is 10.1. The van der Waals surface area contributed by atoms with Crippen LogP contribution in [-0.4, -0.2) is 37.2 Å². The molecule has 0 radical (unpaired) electrons. The molecule has 1 N–H and O–H groups in total. The van der Waals surface area contributed by atoms with E-state index in [9.17, 15) is 9.90 Å². The number of piperidine rings is 1. The number of benzene rings is 1. The van der Waals surface area contributed by atoms with Gasteiger partial charge in [0.15, 0.2) is 0 Å². The average molecular weight is 419 g/mol. The van der Waals surface area contributed by atoms with Gasteiger partial charge in [-0.1, -0.05) is 36.8 Å². The van der Waals surface area contributed by atoms with Crippen LogP contribution < -0.4 is 5.69 Å². The van der Waals surface area contributed by atoms with E-state index in [1.54, 1.807) is 10.8 Å². The fourth-order valence-corrected chi connectivity index (χ4v) is 4.41. The highest BCUT2D eigenvalue weighted by Gasteiger charge is 2.24. The number of aromatic hydroxyl groups is 1. The van der Waals surface area contributed by atoms with Crippen LogP contribution in [0.3, 0.4) is 0 Å². The first kappa shape index (κ1) is 20.1. The zero-order valence-electron chi connectivity index (χ0n) is 17.9. The third-order valence-electron chi connectivity index (χ3n) is 6.41. The molecule has 0 spiro atoms. The highest BCUT2D eigenvalue weighted by atomic mass is 16.3. The van der Waals surface area contributed by atoms with Gasteiger partial charge in [0.25, 0.3) is 0 Å². The van der Waals surface area contributed by atoms with E-state index in [4.69, 9.17) is 4.98 Å². The molecule has 31 heavy (non-hydrogen) atoms. The van der Waals surface area contributed by atoms with Gasteiger partial charge in [0, 0.05) is 18.7 Å².